The molecule has 0 saturated heterocycles. The summed E-state index contributed by atoms with van der Waals surface area (Å²) in [4.78, 5) is 12.2. The van der Waals surface area contributed by atoms with Crippen molar-refractivity contribution in [2.45, 2.75) is 34.6 Å². The molecule has 0 aliphatic carbocycles. The van der Waals surface area contributed by atoms with Crippen LogP contribution in [0.15, 0.2) is 41.5 Å². The molecular formula is C16H21NO. The van der Waals surface area contributed by atoms with Gasteiger partial charge in [0.05, 0.1) is 0 Å². The zero-order valence-electron chi connectivity index (χ0n) is 11.8. The maximum absolute atomic E-state index is 12.2. The number of anilines is 1. The molecule has 0 atom stereocenters. The van der Waals surface area contributed by atoms with Crippen LogP contribution in [0, 0.1) is 13.8 Å². The summed E-state index contributed by atoms with van der Waals surface area (Å²) in [6.45, 7) is 9.80. The van der Waals surface area contributed by atoms with Crippen molar-refractivity contribution in [2.24, 2.45) is 0 Å². The number of carbonyl (C=O) groups is 1. The topological polar surface area (TPSA) is 29.1 Å². The fourth-order valence-corrected chi connectivity index (χ4v) is 1.84. The number of carbonyl (C=O) groups excluding carboxylic acids is 1. The Balaban J connectivity index is 2.94. The Hall–Kier alpha value is -1.83. The van der Waals surface area contributed by atoms with Crippen molar-refractivity contribution in [3.63, 3.8) is 0 Å². The van der Waals surface area contributed by atoms with Gasteiger partial charge in [0, 0.05) is 11.3 Å². The molecule has 0 aliphatic heterocycles. The first kappa shape index (κ1) is 14.2. The summed E-state index contributed by atoms with van der Waals surface area (Å²) in [5.41, 5.74) is 4.85. The van der Waals surface area contributed by atoms with Crippen molar-refractivity contribution >= 4 is 11.6 Å². The van der Waals surface area contributed by atoms with E-state index in [1.165, 1.54) is 5.56 Å². The number of aryl methyl sites for hydroxylation is 2. The summed E-state index contributed by atoms with van der Waals surface area (Å²) in [5.74, 6) is -0.0555. The molecule has 96 valence electrons. The average molecular weight is 243 g/mol. The van der Waals surface area contributed by atoms with Crippen LogP contribution in [0.1, 0.15) is 31.9 Å². The van der Waals surface area contributed by atoms with Gasteiger partial charge >= 0.3 is 0 Å². The second-order valence-corrected chi connectivity index (χ2v) is 4.45. The Kier molecular flexibility index (Phi) is 4.90. The molecule has 18 heavy (non-hydrogen) atoms. The quantitative estimate of drug-likeness (QED) is 0.627. The molecule has 1 aromatic carbocycles. The van der Waals surface area contributed by atoms with Gasteiger partial charge in [-0.2, -0.15) is 0 Å². The Morgan fingerprint density at radius 2 is 1.83 bits per heavy atom. The first-order valence-corrected chi connectivity index (χ1v) is 6.17. The lowest BCUT2D eigenvalue weighted by atomic mass is 10.1. The number of rotatable bonds is 3. The van der Waals surface area contributed by atoms with Gasteiger partial charge in [-0.15, -0.1) is 0 Å². The summed E-state index contributed by atoms with van der Waals surface area (Å²) in [6.07, 6.45) is 3.78. The van der Waals surface area contributed by atoms with Gasteiger partial charge in [-0.1, -0.05) is 29.8 Å². The van der Waals surface area contributed by atoms with Crippen LogP contribution in [0.3, 0.4) is 0 Å². The molecule has 2 heteroatoms. The van der Waals surface area contributed by atoms with E-state index in [9.17, 15) is 4.79 Å². The number of benzene rings is 1. The van der Waals surface area contributed by atoms with Crippen LogP contribution >= 0.6 is 0 Å². The standard InChI is InChI=1S/C16H21NO/c1-6-12(4)14(7-2)16(18)17-15-9-8-11(3)10-13(15)5/h6-10H,1-5H3,(H,17,18)/b12-6-,14-7+. The van der Waals surface area contributed by atoms with Crippen molar-refractivity contribution in [1.29, 1.82) is 0 Å². The first-order chi connectivity index (χ1) is 8.49. The average Bonchev–Trinajstić information content (AvgIpc) is 2.33. The third-order valence-corrected chi connectivity index (χ3v) is 3.02. The fraction of sp³-hybridized carbons (Fsp3) is 0.312. The minimum Gasteiger partial charge on any atom is -0.322 e. The molecule has 1 N–H and O–H groups in total. The van der Waals surface area contributed by atoms with Crippen LogP contribution in [-0.2, 0) is 4.79 Å². The molecule has 1 rings (SSSR count). The van der Waals surface area contributed by atoms with Gasteiger partial charge in [0.15, 0.2) is 0 Å². The third-order valence-electron chi connectivity index (χ3n) is 3.02. The molecule has 0 heterocycles. The van der Waals surface area contributed by atoms with E-state index in [1.807, 2.05) is 58.9 Å². The van der Waals surface area contributed by atoms with Gasteiger partial charge in [0.2, 0.25) is 0 Å². The normalized spacial score (nSPS) is 12.5. The Labute approximate surface area is 109 Å². The number of hydrogen-bond donors (Lipinski definition) is 1. The SMILES string of the molecule is C/C=C(C)\C(=C/C)C(=O)Nc1ccc(C)cc1C. The smallest absolute Gasteiger partial charge is 0.255 e. The van der Waals surface area contributed by atoms with E-state index in [1.54, 1.807) is 0 Å². The molecule has 0 bridgehead atoms. The second kappa shape index (κ2) is 6.20. The summed E-state index contributed by atoms with van der Waals surface area (Å²) >= 11 is 0. The van der Waals surface area contributed by atoms with Crippen LogP contribution in [0.5, 0.6) is 0 Å². The third kappa shape index (κ3) is 3.33. The maximum Gasteiger partial charge on any atom is 0.255 e. The van der Waals surface area contributed by atoms with Gasteiger partial charge in [0.1, 0.15) is 0 Å². The van der Waals surface area contributed by atoms with E-state index in [4.69, 9.17) is 0 Å². The van der Waals surface area contributed by atoms with Crippen molar-refractivity contribution < 1.29 is 4.79 Å². The minimum absolute atomic E-state index is 0.0555. The molecule has 0 aromatic heterocycles. The largest absolute Gasteiger partial charge is 0.322 e. The van der Waals surface area contributed by atoms with Crippen molar-refractivity contribution in [2.75, 3.05) is 5.32 Å². The van der Waals surface area contributed by atoms with Gasteiger partial charge in [-0.05, 0) is 51.8 Å². The van der Waals surface area contributed by atoms with E-state index in [0.717, 1.165) is 22.4 Å². The molecular weight excluding hydrogens is 222 g/mol. The number of amides is 1. The van der Waals surface area contributed by atoms with Crippen LogP contribution in [-0.4, -0.2) is 5.91 Å². The van der Waals surface area contributed by atoms with Crippen molar-refractivity contribution in [3.05, 3.63) is 52.6 Å². The highest BCUT2D eigenvalue weighted by Crippen LogP contribution is 2.18. The molecule has 2 nitrogen and oxygen atoms in total. The number of allylic oxidation sites excluding steroid dienone is 2. The van der Waals surface area contributed by atoms with E-state index in [-0.39, 0.29) is 5.91 Å². The summed E-state index contributed by atoms with van der Waals surface area (Å²) in [7, 11) is 0. The second-order valence-electron chi connectivity index (χ2n) is 4.45. The minimum atomic E-state index is -0.0555. The van der Waals surface area contributed by atoms with Gasteiger partial charge in [0.25, 0.3) is 5.91 Å². The summed E-state index contributed by atoms with van der Waals surface area (Å²) < 4.78 is 0. The molecule has 0 saturated carbocycles. The zero-order chi connectivity index (χ0) is 13.7. The van der Waals surface area contributed by atoms with Crippen LogP contribution < -0.4 is 5.32 Å². The molecule has 0 radical (unpaired) electrons. The van der Waals surface area contributed by atoms with E-state index in [2.05, 4.69) is 11.4 Å². The van der Waals surface area contributed by atoms with Crippen LogP contribution in [0.4, 0.5) is 5.69 Å². The highest BCUT2D eigenvalue weighted by Gasteiger charge is 2.11. The lowest BCUT2D eigenvalue weighted by Gasteiger charge is -2.11. The predicted molar refractivity (Wildman–Crippen MR) is 77.7 cm³/mol. The molecule has 0 fully saturated rings. The zero-order valence-corrected chi connectivity index (χ0v) is 11.8. The molecule has 0 aliphatic rings. The number of nitrogens with one attached hydrogen (secondary N) is 1. The highest BCUT2D eigenvalue weighted by molar-refractivity contribution is 6.07. The summed E-state index contributed by atoms with van der Waals surface area (Å²) in [6, 6.07) is 6.01. The van der Waals surface area contributed by atoms with Crippen LogP contribution in [0.25, 0.3) is 0 Å². The lowest BCUT2D eigenvalue weighted by molar-refractivity contribution is -0.112. The van der Waals surface area contributed by atoms with Gasteiger partial charge < -0.3 is 5.32 Å². The van der Waals surface area contributed by atoms with Crippen molar-refractivity contribution in [1.82, 2.24) is 0 Å². The van der Waals surface area contributed by atoms with E-state index >= 15 is 0 Å². The predicted octanol–water partition coefficient (Wildman–Crippen LogP) is 4.15. The molecule has 1 aromatic rings. The van der Waals surface area contributed by atoms with E-state index < -0.39 is 0 Å². The van der Waals surface area contributed by atoms with E-state index in [0.29, 0.717) is 0 Å². The Bertz CT molecular complexity index is 510. The Morgan fingerprint density at radius 3 is 2.33 bits per heavy atom. The molecule has 1 amide bonds. The molecule has 0 unspecified atom stereocenters. The maximum atomic E-state index is 12.2. The summed E-state index contributed by atoms with van der Waals surface area (Å²) in [5, 5.41) is 2.96. The van der Waals surface area contributed by atoms with Gasteiger partial charge in [-0.25, -0.2) is 0 Å². The highest BCUT2D eigenvalue weighted by atomic mass is 16.1. The Morgan fingerprint density at radius 1 is 1.17 bits per heavy atom. The van der Waals surface area contributed by atoms with Crippen molar-refractivity contribution in [3.8, 4) is 0 Å². The fourth-order valence-electron chi connectivity index (χ4n) is 1.84. The van der Waals surface area contributed by atoms with Crippen LogP contribution in [0.2, 0.25) is 0 Å². The lowest BCUT2D eigenvalue weighted by Crippen LogP contribution is -2.15. The number of hydrogen-bond acceptors (Lipinski definition) is 1. The first-order valence-electron chi connectivity index (χ1n) is 6.17. The molecule has 0 spiro atoms. The van der Waals surface area contributed by atoms with Gasteiger partial charge in [-0.3, -0.25) is 4.79 Å². The monoisotopic (exact) mass is 243 g/mol.